The van der Waals surface area contributed by atoms with Crippen LogP contribution in [0.1, 0.15) is 21.6 Å². The highest BCUT2D eigenvalue weighted by Gasteiger charge is 2.24. The number of cyclic esters (lactones) is 1. The molecule has 2 aromatic rings. The molecule has 0 saturated carbocycles. The summed E-state index contributed by atoms with van der Waals surface area (Å²) in [7, 11) is 0. The highest BCUT2D eigenvalue weighted by atomic mass is 32.1. The second kappa shape index (κ2) is 5.06. The van der Waals surface area contributed by atoms with Crippen LogP contribution in [0.4, 0.5) is 0 Å². The summed E-state index contributed by atoms with van der Waals surface area (Å²) in [5.41, 5.74) is 3.53. The van der Waals surface area contributed by atoms with Gasteiger partial charge < -0.3 is 4.74 Å². The van der Waals surface area contributed by atoms with Crippen molar-refractivity contribution in [2.45, 2.75) is 13.8 Å². The van der Waals surface area contributed by atoms with Gasteiger partial charge in [0, 0.05) is 10.4 Å². The first-order valence-corrected chi connectivity index (χ1v) is 7.15. The summed E-state index contributed by atoms with van der Waals surface area (Å²) in [6.45, 7) is 4.07. The fraction of sp³-hybridized carbons (Fsp3) is 0.125. The van der Waals surface area contributed by atoms with Crippen molar-refractivity contribution >= 4 is 29.3 Å². The van der Waals surface area contributed by atoms with Crippen molar-refractivity contribution in [2.75, 3.05) is 0 Å². The van der Waals surface area contributed by atoms with Crippen molar-refractivity contribution in [3.8, 4) is 0 Å². The van der Waals surface area contributed by atoms with Crippen molar-refractivity contribution in [1.82, 2.24) is 0 Å². The number of aryl methyl sites for hydroxylation is 2. The Bertz CT molecular complexity index is 727. The highest BCUT2D eigenvalue weighted by Crippen LogP contribution is 2.22. The normalized spacial score (nSPS) is 16.4. The molecule has 0 N–H and O–H groups in total. The predicted octanol–water partition coefficient (Wildman–Crippen LogP) is 3.71. The molecule has 0 radical (unpaired) electrons. The van der Waals surface area contributed by atoms with Gasteiger partial charge in [-0.1, -0.05) is 12.1 Å². The zero-order chi connectivity index (χ0) is 14.1. The molecule has 4 heteroatoms. The molecule has 0 atom stereocenters. The molecule has 1 aliphatic rings. The lowest BCUT2D eigenvalue weighted by Gasteiger charge is -2.03. The molecule has 20 heavy (non-hydrogen) atoms. The Labute approximate surface area is 121 Å². The average molecular weight is 283 g/mol. The van der Waals surface area contributed by atoms with Gasteiger partial charge in [0.05, 0.1) is 0 Å². The Kier molecular flexibility index (Phi) is 3.24. The number of carbonyl (C=O) groups excluding carboxylic acids is 1. The number of carbonyl (C=O) groups is 1. The Hall–Kier alpha value is -2.20. The molecule has 1 aromatic heterocycles. The largest absolute Gasteiger partial charge is 0.402 e. The monoisotopic (exact) mass is 283 g/mol. The number of rotatable bonds is 2. The number of nitrogens with zero attached hydrogens (tertiary/aromatic N) is 1. The number of esters is 1. The Morgan fingerprint density at radius 3 is 2.75 bits per heavy atom. The molecule has 100 valence electrons. The van der Waals surface area contributed by atoms with Gasteiger partial charge in [0.25, 0.3) is 0 Å². The molecule has 0 fully saturated rings. The van der Waals surface area contributed by atoms with Crippen molar-refractivity contribution < 1.29 is 9.53 Å². The van der Waals surface area contributed by atoms with Gasteiger partial charge in [-0.3, -0.25) is 0 Å². The van der Waals surface area contributed by atoms with Crippen LogP contribution in [-0.2, 0) is 9.53 Å². The van der Waals surface area contributed by atoms with E-state index >= 15 is 0 Å². The lowest BCUT2D eigenvalue weighted by molar-refractivity contribution is -0.129. The lowest BCUT2D eigenvalue weighted by atomic mass is 10.1. The first kappa shape index (κ1) is 12.8. The summed E-state index contributed by atoms with van der Waals surface area (Å²) in [6.07, 6.45) is 1.75. The second-order valence-corrected chi connectivity index (χ2v) is 5.63. The number of hydrogen-bond donors (Lipinski definition) is 0. The third kappa shape index (κ3) is 2.42. The van der Waals surface area contributed by atoms with Gasteiger partial charge >= 0.3 is 5.97 Å². The first-order valence-electron chi connectivity index (χ1n) is 6.27. The van der Waals surface area contributed by atoms with Crippen LogP contribution >= 0.6 is 11.3 Å². The molecule has 0 spiro atoms. The van der Waals surface area contributed by atoms with Gasteiger partial charge in [-0.2, -0.15) is 0 Å². The van der Waals surface area contributed by atoms with Crippen LogP contribution in [0, 0.1) is 13.8 Å². The number of thiophene rings is 1. The molecule has 3 rings (SSSR count). The molecule has 1 aromatic carbocycles. The minimum atomic E-state index is -0.397. The minimum absolute atomic E-state index is 0.348. The van der Waals surface area contributed by atoms with Crippen molar-refractivity contribution in [3.63, 3.8) is 0 Å². The van der Waals surface area contributed by atoms with E-state index in [9.17, 15) is 4.79 Å². The molecule has 0 amide bonds. The number of aliphatic imine (C=N–C) groups is 1. The van der Waals surface area contributed by atoms with Crippen LogP contribution in [0.3, 0.4) is 0 Å². The topological polar surface area (TPSA) is 38.7 Å². The van der Waals surface area contributed by atoms with Crippen LogP contribution in [0.25, 0.3) is 6.08 Å². The van der Waals surface area contributed by atoms with Crippen LogP contribution in [0.2, 0.25) is 0 Å². The smallest absolute Gasteiger partial charge is 0.363 e. The van der Waals surface area contributed by atoms with Crippen LogP contribution in [-0.4, -0.2) is 11.9 Å². The van der Waals surface area contributed by atoms with E-state index in [1.54, 1.807) is 17.4 Å². The third-order valence-electron chi connectivity index (χ3n) is 3.20. The summed E-state index contributed by atoms with van der Waals surface area (Å²) in [6, 6.07) is 9.78. The molecular formula is C16H13NO2S. The maximum Gasteiger partial charge on any atom is 0.363 e. The quantitative estimate of drug-likeness (QED) is 0.622. The fourth-order valence-electron chi connectivity index (χ4n) is 1.92. The average Bonchev–Trinajstić information content (AvgIpc) is 3.04. The Morgan fingerprint density at radius 1 is 1.20 bits per heavy atom. The van der Waals surface area contributed by atoms with Gasteiger partial charge in [0.2, 0.25) is 5.90 Å². The Balaban J connectivity index is 1.96. The number of ether oxygens (including phenoxy) is 1. The maximum absolute atomic E-state index is 11.8. The lowest BCUT2D eigenvalue weighted by Crippen LogP contribution is -2.05. The minimum Gasteiger partial charge on any atom is -0.402 e. The fourth-order valence-corrected chi connectivity index (χ4v) is 2.57. The molecule has 0 saturated heterocycles. The van der Waals surface area contributed by atoms with E-state index in [2.05, 4.69) is 4.99 Å². The van der Waals surface area contributed by atoms with Crippen LogP contribution in [0.5, 0.6) is 0 Å². The van der Waals surface area contributed by atoms with E-state index in [-0.39, 0.29) is 0 Å². The van der Waals surface area contributed by atoms with Gasteiger partial charge in [-0.25, -0.2) is 9.79 Å². The third-order valence-corrected chi connectivity index (χ3v) is 4.02. The maximum atomic E-state index is 11.8. The number of hydrogen-bond acceptors (Lipinski definition) is 4. The molecule has 1 aliphatic heterocycles. The summed E-state index contributed by atoms with van der Waals surface area (Å²) in [4.78, 5) is 17.1. The summed E-state index contributed by atoms with van der Waals surface area (Å²) < 4.78 is 5.25. The van der Waals surface area contributed by atoms with E-state index in [1.165, 1.54) is 5.56 Å². The van der Waals surface area contributed by atoms with Crippen molar-refractivity contribution in [3.05, 3.63) is 63.0 Å². The second-order valence-electron chi connectivity index (χ2n) is 4.65. The van der Waals surface area contributed by atoms with E-state index in [4.69, 9.17) is 4.74 Å². The zero-order valence-corrected chi connectivity index (χ0v) is 12.0. The molecule has 0 unspecified atom stereocenters. The number of benzene rings is 1. The Morgan fingerprint density at radius 2 is 2.05 bits per heavy atom. The van der Waals surface area contributed by atoms with Crippen LogP contribution in [0.15, 0.2) is 46.4 Å². The van der Waals surface area contributed by atoms with Crippen molar-refractivity contribution in [1.29, 1.82) is 0 Å². The van der Waals surface area contributed by atoms with Crippen molar-refractivity contribution in [2.24, 2.45) is 4.99 Å². The molecule has 0 aliphatic carbocycles. The standard InChI is InChI=1S/C16H13NO2S/c1-10-5-6-12(8-11(10)2)15-17-14(16(18)19-15)9-13-4-3-7-20-13/h3-9H,1-2H3. The van der Waals surface area contributed by atoms with E-state index in [0.29, 0.717) is 11.6 Å². The van der Waals surface area contributed by atoms with E-state index in [0.717, 1.165) is 16.0 Å². The first-order chi connectivity index (χ1) is 9.63. The van der Waals surface area contributed by atoms with Gasteiger partial charge in [0.15, 0.2) is 5.70 Å². The highest BCUT2D eigenvalue weighted by molar-refractivity contribution is 7.10. The predicted molar refractivity (Wildman–Crippen MR) is 80.8 cm³/mol. The molecular weight excluding hydrogens is 270 g/mol. The van der Waals surface area contributed by atoms with E-state index < -0.39 is 5.97 Å². The summed E-state index contributed by atoms with van der Waals surface area (Å²) in [5.74, 6) is -0.0208. The van der Waals surface area contributed by atoms with Crippen LogP contribution < -0.4 is 0 Å². The van der Waals surface area contributed by atoms with Gasteiger partial charge in [0.1, 0.15) is 0 Å². The van der Waals surface area contributed by atoms with E-state index in [1.807, 2.05) is 49.6 Å². The SMILES string of the molecule is Cc1ccc(C2=NC(=Cc3cccs3)C(=O)O2)cc1C. The molecule has 3 nitrogen and oxygen atoms in total. The molecule has 2 heterocycles. The summed E-state index contributed by atoms with van der Waals surface area (Å²) in [5, 5.41) is 1.96. The summed E-state index contributed by atoms with van der Waals surface area (Å²) >= 11 is 1.56. The van der Waals surface area contributed by atoms with Gasteiger partial charge in [-0.05, 0) is 54.6 Å². The molecule has 0 bridgehead atoms. The zero-order valence-electron chi connectivity index (χ0n) is 11.2. The van der Waals surface area contributed by atoms with Gasteiger partial charge in [-0.15, -0.1) is 11.3 Å².